The van der Waals surface area contributed by atoms with Gasteiger partial charge >= 0.3 is 0 Å². The van der Waals surface area contributed by atoms with Gasteiger partial charge in [-0.25, -0.2) is 0 Å². The van der Waals surface area contributed by atoms with Crippen molar-refractivity contribution in [3.05, 3.63) is 29.8 Å². The van der Waals surface area contributed by atoms with E-state index in [2.05, 4.69) is 39.8 Å². The number of likely N-dealkylation sites (N-methyl/N-ethyl adjacent to an activating group) is 1. The number of nitrogens with one attached hydrogen (secondary N) is 2. The van der Waals surface area contributed by atoms with Gasteiger partial charge in [0, 0.05) is 26.2 Å². The van der Waals surface area contributed by atoms with Crippen LogP contribution >= 0.6 is 0 Å². The van der Waals surface area contributed by atoms with E-state index in [0.29, 0.717) is 19.0 Å². The third kappa shape index (κ3) is 5.44. The molecule has 25 heavy (non-hydrogen) atoms. The molecule has 1 aromatic rings. The maximum atomic E-state index is 9.33. The molecule has 0 aromatic heterocycles. The number of benzene rings is 1. The third-order valence-electron chi connectivity index (χ3n) is 4.68. The van der Waals surface area contributed by atoms with Crippen molar-refractivity contribution in [1.82, 2.24) is 15.5 Å². The number of hydrogen-bond acceptors (Lipinski definition) is 6. The lowest BCUT2D eigenvalue weighted by Gasteiger charge is -2.34. The second-order valence-electron chi connectivity index (χ2n) is 6.63. The molecule has 1 fully saturated rings. The van der Waals surface area contributed by atoms with Gasteiger partial charge in [0.05, 0.1) is 7.11 Å². The van der Waals surface area contributed by atoms with Crippen molar-refractivity contribution in [2.75, 3.05) is 40.3 Å². The Labute approximate surface area is 150 Å². The van der Waals surface area contributed by atoms with E-state index >= 15 is 0 Å². The molecule has 0 bridgehead atoms. The molecule has 2 N–H and O–H groups in total. The molecule has 0 aliphatic carbocycles. The molecule has 1 aliphatic rings. The van der Waals surface area contributed by atoms with Crippen LogP contribution < -0.4 is 15.4 Å². The smallest absolute Gasteiger partial charge is 0.206 e. The Balaban J connectivity index is 1.87. The number of likely N-dealkylation sites (tertiary alicyclic amines) is 1. The zero-order chi connectivity index (χ0) is 18.1. The minimum atomic E-state index is -1.15. The van der Waals surface area contributed by atoms with Gasteiger partial charge in [0.1, 0.15) is 17.9 Å². The van der Waals surface area contributed by atoms with Crippen molar-refractivity contribution < 1.29 is 4.74 Å². The fourth-order valence-corrected chi connectivity index (χ4v) is 3.28. The molecule has 0 saturated carbocycles. The highest BCUT2D eigenvalue weighted by molar-refractivity contribution is 5.27. The van der Waals surface area contributed by atoms with Crippen LogP contribution in [0.5, 0.6) is 5.75 Å². The zero-order valence-corrected chi connectivity index (χ0v) is 15.1. The quantitative estimate of drug-likeness (QED) is 0.745. The van der Waals surface area contributed by atoms with Crippen molar-refractivity contribution in [2.45, 2.75) is 24.9 Å². The van der Waals surface area contributed by atoms with Crippen molar-refractivity contribution in [1.29, 1.82) is 10.5 Å². The molecule has 1 aromatic carbocycles. The number of nitrogens with zero attached hydrogens (tertiary/aromatic N) is 3. The summed E-state index contributed by atoms with van der Waals surface area (Å²) in [7, 11) is 3.43. The van der Waals surface area contributed by atoms with Crippen molar-refractivity contribution in [3.8, 4) is 17.9 Å². The number of hydrogen-bond donors (Lipinski definition) is 2. The minimum absolute atomic E-state index is 0.322. The number of methoxy groups -OCH3 is 1. The molecule has 0 amide bonds. The molecule has 1 heterocycles. The summed E-state index contributed by atoms with van der Waals surface area (Å²) in [6.45, 7) is 3.98. The molecule has 0 radical (unpaired) electrons. The average Bonchev–Trinajstić information content (AvgIpc) is 2.66. The lowest BCUT2D eigenvalue weighted by Crippen LogP contribution is -2.52. The first-order valence-corrected chi connectivity index (χ1v) is 8.72. The van der Waals surface area contributed by atoms with Gasteiger partial charge in [0.2, 0.25) is 5.54 Å². The van der Waals surface area contributed by atoms with Gasteiger partial charge in [-0.1, -0.05) is 12.1 Å². The lowest BCUT2D eigenvalue weighted by atomic mass is 9.95. The average molecular weight is 341 g/mol. The summed E-state index contributed by atoms with van der Waals surface area (Å²) in [5.41, 5.74) is 0.125. The number of nitriles is 2. The van der Waals surface area contributed by atoms with Gasteiger partial charge in [0.15, 0.2) is 0 Å². The molecule has 6 heteroatoms. The largest absolute Gasteiger partial charge is 0.497 e. The highest BCUT2D eigenvalue weighted by atomic mass is 16.5. The first-order chi connectivity index (χ1) is 12.1. The van der Waals surface area contributed by atoms with Crippen molar-refractivity contribution in [3.63, 3.8) is 0 Å². The summed E-state index contributed by atoms with van der Waals surface area (Å²) in [6, 6.07) is 12.4. The van der Waals surface area contributed by atoms with Crippen LogP contribution in [0.15, 0.2) is 24.3 Å². The Kier molecular flexibility index (Phi) is 7.21. The molecule has 0 spiro atoms. The van der Waals surface area contributed by atoms with Crippen LogP contribution in [-0.4, -0.2) is 50.8 Å². The van der Waals surface area contributed by atoms with E-state index in [0.717, 1.165) is 38.2 Å². The summed E-state index contributed by atoms with van der Waals surface area (Å²) in [5, 5.41) is 24.8. The molecule has 1 unspecified atom stereocenters. The Morgan fingerprint density at radius 1 is 1.28 bits per heavy atom. The Bertz CT molecular complexity index is 602. The fourth-order valence-electron chi connectivity index (χ4n) is 3.28. The number of rotatable bonds is 8. The molecule has 6 nitrogen and oxygen atoms in total. The summed E-state index contributed by atoms with van der Waals surface area (Å²) in [6.07, 6.45) is 2.26. The Morgan fingerprint density at radius 2 is 2.00 bits per heavy atom. The predicted molar refractivity (Wildman–Crippen MR) is 96.9 cm³/mol. The van der Waals surface area contributed by atoms with E-state index in [4.69, 9.17) is 4.74 Å². The Hall–Kier alpha value is -2.12. The van der Waals surface area contributed by atoms with Crippen molar-refractivity contribution >= 4 is 0 Å². The first kappa shape index (κ1) is 19.2. The minimum Gasteiger partial charge on any atom is -0.497 e. The molecular weight excluding hydrogens is 314 g/mol. The third-order valence-corrected chi connectivity index (χ3v) is 4.68. The fraction of sp³-hybridized carbons (Fsp3) is 0.579. The van der Waals surface area contributed by atoms with Gasteiger partial charge in [-0.3, -0.25) is 10.2 Å². The highest BCUT2D eigenvalue weighted by Gasteiger charge is 2.30. The predicted octanol–water partition coefficient (Wildman–Crippen LogP) is 1.50. The van der Waals surface area contributed by atoms with Crippen molar-refractivity contribution in [2.24, 2.45) is 5.92 Å². The molecule has 1 saturated heterocycles. The van der Waals surface area contributed by atoms with E-state index in [1.165, 1.54) is 5.56 Å². The summed E-state index contributed by atoms with van der Waals surface area (Å²) in [5.74, 6) is 1.32. The molecular formula is C19H27N5O. The highest BCUT2D eigenvalue weighted by Crippen LogP contribution is 2.20. The van der Waals surface area contributed by atoms with Gasteiger partial charge < -0.3 is 10.1 Å². The summed E-state index contributed by atoms with van der Waals surface area (Å²) < 4.78 is 5.20. The Morgan fingerprint density at radius 3 is 2.60 bits per heavy atom. The zero-order valence-electron chi connectivity index (χ0n) is 15.1. The van der Waals surface area contributed by atoms with Crippen LogP contribution in [0.4, 0.5) is 0 Å². The summed E-state index contributed by atoms with van der Waals surface area (Å²) >= 11 is 0. The van der Waals surface area contributed by atoms with Gasteiger partial charge in [-0.15, -0.1) is 0 Å². The van der Waals surface area contributed by atoms with Gasteiger partial charge in [-0.2, -0.15) is 10.5 Å². The van der Waals surface area contributed by atoms with E-state index in [1.807, 2.05) is 12.1 Å². The summed E-state index contributed by atoms with van der Waals surface area (Å²) in [4.78, 5) is 2.44. The van der Waals surface area contributed by atoms with E-state index in [1.54, 1.807) is 14.2 Å². The van der Waals surface area contributed by atoms with Crippen LogP contribution in [0.3, 0.4) is 0 Å². The topological polar surface area (TPSA) is 84.1 Å². The second kappa shape index (κ2) is 9.39. The second-order valence-corrected chi connectivity index (χ2v) is 6.63. The number of piperidine rings is 1. The van der Waals surface area contributed by atoms with Gasteiger partial charge in [-0.05, 0) is 50.0 Å². The first-order valence-electron chi connectivity index (χ1n) is 8.72. The van der Waals surface area contributed by atoms with Crippen LogP contribution in [0.1, 0.15) is 18.4 Å². The normalized spacial score (nSPS) is 18.3. The van der Waals surface area contributed by atoms with Crippen LogP contribution in [0.2, 0.25) is 0 Å². The van der Waals surface area contributed by atoms with Crippen LogP contribution in [0.25, 0.3) is 0 Å². The van der Waals surface area contributed by atoms with E-state index in [-0.39, 0.29) is 0 Å². The maximum absolute atomic E-state index is 9.33. The van der Waals surface area contributed by atoms with E-state index in [9.17, 15) is 10.5 Å². The van der Waals surface area contributed by atoms with E-state index < -0.39 is 5.54 Å². The molecule has 1 aliphatic heterocycles. The van der Waals surface area contributed by atoms with Crippen LogP contribution in [-0.2, 0) is 6.54 Å². The molecule has 134 valence electrons. The number of ether oxygens (including phenoxy) is 1. The molecule has 2 rings (SSSR count). The monoisotopic (exact) mass is 341 g/mol. The maximum Gasteiger partial charge on any atom is 0.206 e. The molecule has 1 atom stereocenters. The van der Waals surface area contributed by atoms with Crippen LogP contribution in [0, 0.1) is 28.6 Å². The SMILES string of the molecule is CNCC(C#N)(C#N)NCC1CCCN(Cc2ccc(OC)cc2)C1. The lowest BCUT2D eigenvalue weighted by molar-refractivity contribution is 0.162. The van der Waals surface area contributed by atoms with Gasteiger partial charge in [0.25, 0.3) is 0 Å². The standard InChI is InChI=1S/C19H27N5O/c1-22-15-19(13-20,14-21)23-10-17-4-3-9-24(12-17)11-16-5-7-18(25-2)8-6-16/h5-8,17,22-23H,3-4,9-12,15H2,1-2H3.